The maximum absolute atomic E-state index is 11.3. The smallest absolute Gasteiger partial charge is 0.306 e. The van der Waals surface area contributed by atoms with Crippen molar-refractivity contribution in [3.8, 4) is 0 Å². The molecule has 2 rings (SSSR count). The maximum Gasteiger partial charge on any atom is 0.306 e. The lowest BCUT2D eigenvalue weighted by atomic mass is 9.60. The molecule has 0 amide bonds. The lowest BCUT2D eigenvalue weighted by Gasteiger charge is -2.47. The molecule has 1 saturated carbocycles. The first-order chi connectivity index (χ1) is 6.36. The van der Waals surface area contributed by atoms with Gasteiger partial charge >= 0.3 is 5.97 Å². The van der Waals surface area contributed by atoms with Crippen LogP contribution in [0.3, 0.4) is 0 Å². The molecular formula is C11H18O3. The second-order valence-corrected chi connectivity index (χ2v) is 5.42. The number of fused-ring (bicyclic) bond motifs is 1. The number of carbonyl (C=O) groups excluding carboxylic acids is 1. The van der Waals surface area contributed by atoms with Crippen molar-refractivity contribution in [1.82, 2.24) is 0 Å². The summed E-state index contributed by atoms with van der Waals surface area (Å²) in [6.07, 6.45) is 1.66. The predicted octanol–water partition coefficient (Wildman–Crippen LogP) is 1.49. The third-order valence-electron chi connectivity index (χ3n) is 4.13. The number of hydrogen-bond acceptors (Lipinski definition) is 3. The van der Waals surface area contributed by atoms with E-state index in [1.54, 1.807) is 0 Å². The van der Waals surface area contributed by atoms with Gasteiger partial charge in [0.25, 0.3) is 0 Å². The van der Waals surface area contributed by atoms with Gasteiger partial charge in [-0.2, -0.15) is 0 Å². The normalized spacial score (nSPS) is 45.9. The van der Waals surface area contributed by atoms with E-state index in [1.807, 2.05) is 20.8 Å². The number of esters is 1. The lowest BCUT2D eigenvalue weighted by Crippen LogP contribution is -2.51. The van der Waals surface area contributed by atoms with Gasteiger partial charge in [0.15, 0.2) is 0 Å². The van der Waals surface area contributed by atoms with Crippen molar-refractivity contribution in [2.24, 2.45) is 11.3 Å². The molecule has 3 heteroatoms. The summed E-state index contributed by atoms with van der Waals surface area (Å²) >= 11 is 0. The summed E-state index contributed by atoms with van der Waals surface area (Å²) in [5.41, 5.74) is -0.543. The molecule has 1 aliphatic carbocycles. The minimum absolute atomic E-state index is 0.111. The Bertz CT molecular complexity index is 272. The summed E-state index contributed by atoms with van der Waals surface area (Å²) in [6, 6.07) is 0. The molecule has 2 fully saturated rings. The van der Waals surface area contributed by atoms with Gasteiger partial charge in [0.05, 0.1) is 12.5 Å². The Labute approximate surface area is 84.4 Å². The molecule has 0 spiro atoms. The minimum atomic E-state index is -0.334. The maximum atomic E-state index is 11.3. The van der Waals surface area contributed by atoms with Gasteiger partial charge in [0.1, 0.15) is 5.60 Å². The van der Waals surface area contributed by atoms with Gasteiger partial charge in [-0.1, -0.05) is 13.8 Å². The number of hydrogen-bond donors (Lipinski definition) is 1. The highest BCUT2D eigenvalue weighted by Gasteiger charge is 2.57. The van der Waals surface area contributed by atoms with Crippen molar-refractivity contribution < 1.29 is 14.6 Å². The molecule has 0 radical (unpaired) electrons. The lowest BCUT2D eigenvalue weighted by molar-refractivity contribution is -0.158. The summed E-state index contributed by atoms with van der Waals surface area (Å²) in [5.74, 6) is 0.0472. The Kier molecular flexibility index (Phi) is 1.94. The Balaban J connectivity index is 2.33. The largest absolute Gasteiger partial charge is 0.459 e. The zero-order valence-electron chi connectivity index (χ0n) is 9.04. The summed E-state index contributed by atoms with van der Waals surface area (Å²) in [7, 11) is 0. The van der Waals surface area contributed by atoms with Crippen molar-refractivity contribution in [3.63, 3.8) is 0 Å². The minimum Gasteiger partial charge on any atom is -0.459 e. The molecule has 0 aromatic heterocycles. The third kappa shape index (κ3) is 1.18. The Morgan fingerprint density at radius 1 is 1.43 bits per heavy atom. The van der Waals surface area contributed by atoms with Gasteiger partial charge in [-0.25, -0.2) is 0 Å². The second kappa shape index (κ2) is 2.72. The van der Waals surface area contributed by atoms with Crippen LogP contribution in [0, 0.1) is 11.3 Å². The molecule has 1 heterocycles. The molecule has 3 unspecified atom stereocenters. The van der Waals surface area contributed by atoms with Gasteiger partial charge in [0, 0.05) is 5.92 Å². The fourth-order valence-corrected chi connectivity index (χ4v) is 3.06. The first kappa shape index (κ1) is 9.97. The summed E-state index contributed by atoms with van der Waals surface area (Å²) in [4.78, 5) is 11.3. The topological polar surface area (TPSA) is 46.5 Å². The fraction of sp³-hybridized carbons (Fsp3) is 0.909. The number of carbonyl (C=O) groups is 1. The number of aliphatic hydroxyl groups excluding tert-OH is 1. The molecule has 3 nitrogen and oxygen atoms in total. The van der Waals surface area contributed by atoms with Crippen LogP contribution in [0.5, 0.6) is 0 Å². The summed E-state index contributed by atoms with van der Waals surface area (Å²) in [6.45, 7) is 6.06. The standard InChI is InChI=1S/C11H18O3/c1-10(2)7-6-9(13)14-11(7,3)5-4-8(10)12/h7-8,12H,4-6H2,1-3H3. The average Bonchev–Trinajstić information content (AvgIpc) is 2.37. The fourth-order valence-electron chi connectivity index (χ4n) is 3.06. The van der Waals surface area contributed by atoms with E-state index in [9.17, 15) is 9.90 Å². The molecule has 0 bridgehead atoms. The van der Waals surface area contributed by atoms with Gasteiger partial charge in [-0.3, -0.25) is 4.79 Å². The van der Waals surface area contributed by atoms with Crippen LogP contribution in [0.15, 0.2) is 0 Å². The van der Waals surface area contributed by atoms with Crippen LogP contribution < -0.4 is 0 Å². The molecule has 80 valence electrons. The molecule has 2 aliphatic rings. The average molecular weight is 198 g/mol. The quantitative estimate of drug-likeness (QED) is 0.600. The van der Waals surface area contributed by atoms with E-state index in [0.717, 1.165) is 12.8 Å². The second-order valence-electron chi connectivity index (χ2n) is 5.42. The molecule has 1 N–H and O–H groups in total. The van der Waals surface area contributed by atoms with Crippen LogP contribution in [-0.4, -0.2) is 22.8 Å². The van der Waals surface area contributed by atoms with Crippen molar-refractivity contribution in [2.75, 3.05) is 0 Å². The van der Waals surface area contributed by atoms with Crippen molar-refractivity contribution in [3.05, 3.63) is 0 Å². The number of rotatable bonds is 0. The van der Waals surface area contributed by atoms with E-state index in [4.69, 9.17) is 4.74 Å². The van der Waals surface area contributed by atoms with Crippen molar-refractivity contribution in [1.29, 1.82) is 0 Å². The van der Waals surface area contributed by atoms with Crippen LogP contribution in [0.4, 0.5) is 0 Å². The predicted molar refractivity (Wildman–Crippen MR) is 51.6 cm³/mol. The Hall–Kier alpha value is -0.570. The zero-order valence-corrected chi connectivity index (χ0v) is 9.04. The monoisotopic (exact) mass is 198 g/mol. The molecule has 14 heavy (non-hydrogen) atoms. The molecule has 1 saturated heterocycles. The van der Waals surface area contributed by atoms with Crippen LogP contribution >= 0.6 is 0 Å². The zero-order chi connectivity index (χ0) is 10.6. The van der Waals surface area contributed by atoms with Gasteiger partial charge < -0.3 is 9.84 Å². The van der Waals surface area contributed by atoms with E-state index in [1.165, 1.54) is 0 Å². The van der Waals surface area contributed by atoms with E-state index in [-0.39, 0.29) is 29.0 Å². The van der Waals surface area contributed by atoms with Gasteiger partial charge in [-0.05, 0) is 25.2 Å². The Morgan fingerprint density at radius 2 is 2.07 bits per heavy atom. The van der Waals surface area contributed by atoms with E-state index in [0.29, 0.717) is 6.42 Å². The third-order valence-corrected chi connectivity index (χ3v) is 4.13. The molecule has 0 aromatic carbocycles. The van der Waals surface area contributed by atoms with Gasteiger partial charge in [0.2, 0.25) is 0 Å². The highest BCUT2D eigenvalue weighted by atomic mass is 16.6. The molecular weight excluding hydrogens is 180 g/mol. The van der Waals surface area contributed by atoms with Crippen LogP contribution in [0.2, 0.25) is 0 Å². The van der Waals surface area contributed by atoms with Gasteiger partial charge in [-0.15, -0.1) is 0 Å². The Morgan fingerprint density at radius 3 is 2.71 bits per heavy atom. The molecule has 1 aliphatic heterocycles. The van der Waals surface area contributed by atoms with Crippen molar-refractivity contribution >= 4 is 5.97 Å². The van der Waals surface area contributed by atoms with E-state index < -0.39 is 0 Å². The number of ether oxygens (including phenoxy) is 1. The van der Waals surface area contributed by atoms with E-state index in [2.05, 4.69) is 0 Å². The highest BCUT2D eigenvalue weighted by molar-refractivity contribution is 5.73. The number of aliphatic hydroxyl groups is 1. The first-order valence-electron chi connectivity index (χ1n) is 5.26. The highest BCUT2D eigenvalue weighted by Crippen LogP contribution is 2.52. The SMILES string of the molecule is CC12CCC(O)C(C)(C)C1CC(=O)O2. The summed E-state index contributed by atoms with van der Waals surface area (Å²) < 4.78 is 5.39. The van der Waals surface area contributed by atoms with Crippen LogP contribution in [0.1, 0.15) is 40.0 Å². The van der Waals surface area contributed by atoms with Crippen molar-refractivity contribution in [2.45, 2.75) is 51.7 Å². The molecule has 3 atom stereocenters. The van der Waals surface area contributed by atoms with E-state index >= 15 is 0 Å². The summed E-state index contributed by atoms with van der Waals surface area (Å²) in [5, 5.41) is 9.92. The van der Waals surface area contributed by atoms with Crippen LogP contribution in [0.25, 0.3) is 0 Å². The van der Waals surface area contributed by atoms with Crippen LogP contribution in [-0.2, 0) is 9.53 Å². The molecule has 0 aromatic rings. The first-order valence-corrected chi connectivity index (χ1v) is 5.26.